The van der Waals surface area contributed by atoms with Crippen LogP contribution in [0.5, 0.6) is 0 Å². The molecule has 2 N–H and O–H groups in total. The van der Waals surface area contributed by atoms with Crippen LogP contribution in [-0.2, 0) is 0 Å². The van der Waals surface area contributed by atoms with Crippen molar-refractivity contribution < 1.29 is 5.11 Å². The molecule has 122 valence electrons. The number of piperidine rings is 1. The Bertz CT molecular complexity index is 646. The van der Waals surface area contributed by atoms with Gasteiger partial charge in [-0.3, -0.25) is 0 Å². The van der Waals surface area contributed by atoms with E-state index in [-0.39, 0.29) is 6.61 Å². The van der Waals surface area contributed by atoms with E-state index >= 15 is 0 Å². The second kappa shape index (κ2) is 7.48. The Morgan fingerprint density at radius 1 is 1.30 bits per heavy atom. The smallest absolute Gasteiger partial charge is 0.228 e. The molecule has 1 aliphatic rings. The predicted octanol–water partition coefficient (Wildman–Crippen LogP) is 2.10. The molecular formula is C17H23N5O. The van der Waals surface area contributed by atoms with Crippen LogP contribution in [0.1, 0.15) is 30.0 Å². The number of rotatable bonds is 5. The van der Waals surface area contributed by atoms with Gasteiger partial charge in [0.1, 0.15) is 5.82 Å². The van der Waals surface area contributed by atoms with Gasteiger partial charge < -0.3 is 15.3 Å². The first kappa shape index (κ1) is 15.8. The average Bonchev–Trinajstić information content (AvgIpc) is 2.58. The molecular weight excluding hydrogens is 290 g/mol. The summed E-state index contributed by atoms with van der Waals surface area (Å²) in [5.74, 6) is 1.77. The number of pyridine rings is 1. The number of aliphatic hydroxyl groups excluding tert-OH is 1. The fourth-order valence-corrected chi connectivity index (χ4v) is 3.02. The minimum Gasteiger partial charge on any atom is -0.395 e. The van der Waals surface area contributed by atoms with Gasteiger partial charge in [0.25, 0.3) is 0 Å². The highest BCUT2D eigenvalue weighted by Crippen LogP contribution is 2.26. The first-order chi connectivity index (χ1) is 11.3. The zero-order valence-electron chi connectivity index (χ0n) is 13.4. The van der Waals surface area contributed by atoms with Crippen molar-refractivity contribution in [3.8, 4) is 0 Å². The maximum atomic E-state index is 9.13. The quantitative estimate of drug-likeness (QED) is 0.880. The lowest BCUT2D eigenvalue weighted by atomic mass is 9.94. The van der Waals surface area contributed by atoms with Gasteiger partial charge in [0.15, 0.2) is 0 Å². The van der Waals surface area contributed by atoms with Crippen LogP contribution in [-0.4, -0.2) is 51.2 Å². The van der Waals surface area contributed by atoms with Gasteiger partial charge in [-0.05, 0) is 44.0 Å². The topological polar surface area (TPSA) is 74.2 Å². The van der Waals surface area contributed by atoms with E-state index in [2.05, 4.69) is 25.2 Å². The van der Waals surface area contributed by atoms with E-state index in [1.165, 1.54) is 0 Å². The second-order valence-corrected chi connectivity index (χ2v) is 5.96. The minimum atomic E-state index is 0.211. The molecule has 0 spiro atoms. The van der Waals surface area contributed by atoms with Crippen LogP contribution in [0.4, 0.5) is 11.8 Å². The highest BCUT2D eigenvalue weighted by atomic mass is 16.3. The third-order valence-electron chi connectivity index (χ3n) is 4.26. The fraction of sp³-hybridized carbons (Fsp3) is 0.471. The summed E-state index contributed by atoms with van der Waals surface area (Å²) in [6, 6.07) is 5.91. The van der Waals surface area contributed by atoms with Crippen LogP contribution in [0, 0.1) is 6.92 Å². The van der Waals surface area contributed by atoms with Gasteiger partial charge in [-0.15, -0.1) is 0 Å². The number of hydrogen-bond acceptors (Lipinski definition) is 6. The van der Waals surface area contributed by atoms with Crippen molar-refractivity contribution in [2.45, 2.75) is 25.7 Å². The van der Waals surface area contributed by atoms with Gasteiger partial charge in [-0.2, -0.15) is 0 Å². The molecule has 0 aromatic carbocycles. The molecule has 0 unspecified atom stereocenters. The number of likely N-dealkylation sites (tertiary alicyclic amines) is 1. The Balaban J connectivity index is 1.73. The number of anilines is 2. The van der Waals surface area contributed by atoms with Crippen molar-refractivity contribution >= 4 is 11.8 Å². The molecule has 1 saturated heterocycles. The monoisotopic (exact) mass is 313 g/mol. The average molecular weight is 313 g/mol. The van der Waals surface area contributed by atoms with Gasteiger partial charge >= 0.3 is 0 Å². The lowest BCUT2D eigenvalue weighted by molar-refractivity contribution is 0.160. The summed E-state index contributed by atoms with van der Waals surface area (Å²) in [4.78, 5) is 15.6. The first-order valence-electron chi connectivity index (χ1n) is 8.11. The van der Waals surface area contributed by atoms with Crippen LogP contribution in [0.3, 0.4) is 0 Å². The van der Waals surface area contributed by atoms with Crippen molar-refractivity contribution in [1.82, 2.24) is 19.9 Å². The largest absolute Gasteiger partial charge is 0.395 e. The van der Waals surface area contributed by atoms with Crippen LogP contribution >= 0.6 is 0 Å². The van der Waals surface area contributed by atoms with E-state index in [1.807, 2.05) is 25.1 Å². The van der Waals surface area contributed by atoms with Crippen molar-refractivity contribution in [2.75, 3.05) is 31.6 Å². The van der Waals surface area contributed by atoms with E-state index in [9.17, 15) is 0 Å². The van der Waals surface area contributed by atoms with E-state index in [0.717, 1.165) is 49.6 Å². The normalized spacial score (nSPS) is 18.8. The summed E-state index contributed by atoms with van der Waals surface area (Å²) in [5, 5.41) is 12.3. The number of aryl methyl sites for hydroxylation is 1. The molecule has 3 rings (SSSR count). The molecule has 0 radical (unpaired) electrons. The number of nitrogens with zero attached hydrogens (tertiary/aromatic N) is 4. The Hall–Kier alpha value is -2.05. The van der Waals surface area contributed by atoms with E-state index in [1.54, 1.807) is 12.4 Å². The summed E-state index contributed by atoms with van der Waals surface area (Å²) in [6.07, 6.45) is 5.82. The highest BCUT2D eigenvalue weighted by molar-refractivity contribution is 5.52. The lowest BCUT2D eigenvalue weighted by Gasteiger charge is -2.31. The van der Waals surface area contributed by atoms with Gasteiger partial charge in [0, 0.05) is 31.4 Å². The molecule has 0 saturated carbocycles. The third kappa shape index (κ3) is 4.03. The molecule has 0 amide bonds. The number of hydrogen-bond donors (Lipinski definition) is 2. The van der Waals surface area contributed by atoms with Crippen molar-refractivity contribution in [2.24, 2.45) is 0 Å². The predicted molar refractivity (Wildman–Crippen MR) is 89.8 cm³/mol. The Morgan fingerprint density at radius 2 is 2.22 bits per heavy atom. The SMILES string of the molecule is Cc1cccnc1Nc1nccc([C@H]2CCCN(CCO)C2)n1. The zero-order chi connectivity index (χ0) is 16.1. The number of aliphatic hydroxyl groups is 1. The third-order valence-corrected chi connectivity index (χ3v) is 4.26. The molecule has 6 heteroatoms. The maximum absolute atomic E-state index is 9.13. The molecule has 3 heterocycles. The van der Waals surface area contributed by atoms with E-state index in [4.69, 9.17) is 5.11 Å². The molecule has 6 nitrogen and oxygen atoms in total. The number of β-amino-alcohol motifs (C(OH)–C–C–N with tert-alkyl or cyclic N) is 1. The molecule has 0 bridgehead atoms. The molecule has 2 aromatic rings. The van der Waals surface area contributed by atoms with Crippen LogP contribution in [0.2, 0.25) is 0 Å². The summed E-state index contributed by atoms with van der Waals surface area (Å²) in [6.45, 7) is 4.95. The summed E-state index contributed by atoms with van der Waals surface area (Å²) in [5.41, 5.74) is 2.12. The summed E-state index contributed by atoms with van der Waals surface area (Å²) >= 11 is 0. The van der Waals surface area contributed by atoms with Crippen LogP contribution in [0.15, 0.2) is 30.6 Å². The first-order valence-corrected chi connectivity index (χ1v) is 8.11. The van der Waals surface area contributed by atoms with Crippen molar-refractivity contribution in [3.05, 3.63) is 41.9 Å². The second-order valence-electron chi connectivity index (χ2n) is 5.96. The van der Waals surface area contributed by atoms with Crippen molar-refractivity contribution in [1.29, 1.82) is 0 Å². The summed E-state index contributed by atoms with van der Waals surface area (Å²) in [7, 11) is 0. The molecule has 23 heavy (non-hydrogen) atoms. The van der Waals surface area contributed by atoms with Gasteiger partial charge in [-0.1, -0.05) is 6.07 Å². The molecule has 2 aromatic heterocycles. The Kier molecular flexibility index (Phi) is 5.15. The molecule has 1 fully saturated rings. The fourth-order valence-electron chi connectivity index (χ4n) is 3.02. The maximum Gasteiger partial charge on any atom is 0.228 e. The van der Waals surface area contributed by atoms with Gasteiger partial charge in [0.2, 0.25) is 5.95 Å². The number of nitrogens with one attached hydrogen (secondary N) is 1. The van der Waals surface area contributed by atoms with E-state index in [0.29, 0.717) is 11.9 Å². The van der Waals surface area contributed by atoms with Crippen LogP contribution in [0.25, 0.3) is 0 Å². The minimum absolute atomic E-state index is 0.211. The Labute approximate surface area is 136 Å². The van der Waals surface area contributed by atoms with Gasteiger partial charge in [-0.25, -0.2) is 15.0 Å². The highest BCUT2D eigenvalue weighted by Gasteiger charge is 2.22. The molecule has 0 aliphatic carbocycles. The zero-order valence-corrected chi connectivity index (χ0v) is 13.4. The van der Waals surface area contributed by atoms with Crippen molar-refractivity contribution in [3.63, 3.8) is 0 Å². The number of aromatic nitrogens is 3. The standard InChI is InChI=1S/C17H23N5O/c1-13-4-2-7-18-16(13)21-17-19-8-6-15(20-17)14-5-3-9-22(12-14)10-11-23/h2,4,6-8,14,23H,3,5,9-12H2,1H3,(H,18,19,20,21)/t14-/m0/s1. The van der Waals surface area contributed by atoms with E-state index < -0.39 is 0 Å². The molecule has 1 atom stereocenters. The Morgan fingerprint density at radius 3 is 3.04 bits per heavy atom. The van der Waals surface area contributed by atoms with Crippen LogP contribution < -0.4 is 5.32 Å². The molecule has 1 aliphatic heterocycles. The lowest BCUT2D eigenvalue weighted by Crippen LogP contribution is -2.36. The summed E-state index contributed by atoms with van der Waals surface area (Å²) < 4.78 is 0. The van der Waals surface area contributed by atoms with Gasteiger partial charge in [0.05, 0.1) is 12.3 Å².